The van der Waals surface area contributed by atoms with E-state index in [-0.39, 0.29) is 4.84 Å². The second kappa shape index (κ2) is 1.35. The molecular formula is C6H8Cl2. The Morgan fingerprint density at radius 3 is 1.75 bits per heavy atom. The van der Waals surface area contributed by atoms with Crippen LogP contribution in [0, 0.1) is 11.3 Å². The predicted octanol–water partition coefficient (Wildman–Crippen LogP) is 2.59. The van der Waals surface area contributed by atoms with Crippen LogP contribution < -0.4 is 0 Å². The lowest BCUT2D eigenvalue weighted by atomic mass is 9.45. The van der Waals surface area contributed by atoms with Gasteiger partial charge < -0.3 is 0 Å². The van der Waals surface area contributed by atoms with Gasteiger partial charge in [-0.3, -0.25) is 0 Å². The van der Waals surface area contributed by atoms with E-state index in [1.807, 2.05) is 0 Å². The summed E-state index contributed by atoms with van der Waals surface area (Å²) < 4.78 is 0. The van der Waals surface area contributed by atoms with Crippen molar-refractivity contribution >= 4 is 23.2 Å². The van der Waals surface area contributed by atoms with Crippen LogP contribution in [0.3, 0.4) is 0 Å². The van der Waals surface area contributed by atoms with E-state index < -0.39 is 0 Å². The van der Waals surface area contributed by atoms with Crippen LogP contribution in [0.4, 0.5) is 0 Å². The molecule has 46 valence electrons. The first-order valence-electron chi connectivity index (χ1n) is 3.01. The Morgan fingerprint density at radius 1 is 1.25 bits per heavy atom. The Bertz CT molecular complexity index is 103. The molecule has 2 heteroatoms. The third kappa shape index (κ3) is 0.440. The molecule has 0 nitrogen and oxygen atoms in total. The van der Waals surface area contributed by atoms with Crippen LogP contribution in [0.2, 0.25) is 0 Å². The van der Waals surface area contributed by atoms with Gasteiger partial charge in [-0.15, -0.1) is 23.2 Å². The molecule has 0 aromatic rings. The Hall–Kier alpha value is 0.580. The normalized spacial score (nSPS) is 50.6. The van der Waals surface area contributed by atoms with Gasteiger partial charge in [-0.05, 0) is 25.2 Å². The van der Waals surface area contributed by atoms with E-state index in [1.54, 1.807) is 0 Å². The zero-order valence-corrected chi connectivity index (χ0v) is 6.04. The molecule has 2 bridgehead atoms. The van der Waals surface area contributed by atoms with E-state index in [0.29, 0.717) is 5.41 Å². The topological polar surface area (TPSA) is 0 Å². The van der Waals surface area contributed by atoms with E-state index in [0.717, 1.165) is 5.92 Å². The highest BCUT2D eigenvalue weighted by atomic mass is 35.5. The molecule has 0 N–H and O–H groups in total. The van der Waals surface area contributed by atoms with Crippen molar-refractivity contribution in [3.05, 3.63) is 0 Å². The lowest BCUT2D eigenvalue weighted by Crippen LogP contribution is -2.55. The van der Waals surface area contributed by atoms with Gasteiger partial charge in [0.25, 0.3) is 0 Å². The van der Waals surface area contributed by atoms with E-state index in [9.17, 15) is 0 Å². The molecule has 0 unspecified atom stereocenters. The summed E-state index contributed by atoms with van der Waals surface area (Å²) in [5.74, 6) is 0.995. The summed E-state index contributed by atoms with van der Waals surface area (Å²) >= 11 is 11.4. The summed E-state index contributed by atoms with van der Waals surface area (Å²) in [6.07, 6.45) is 3.89. The molecule has 0 atom stereocenters. The zero-order chi connectivity index (χ0) is 5.78. The molecule has 0 radical (unpaired) electrons. The molecule has 0 aliphatic heterocycles. The van der Waals surface area contributed by atoms with Gasteiger partial charge in [0.05, 0.1) is 0 Å². The van der Waals surface area contributed by atoms with E-state index in [2.05, 4.69) is 0 Å². The Labute approximate surface area is 59.2 Å². The molecule has 0 heterocycles. The second-order valence-corrected chi connectivity index (χ2v) is 4.24. The van der Waals surface area contributed by atoms with Crippen molar-refractivity contribution in [3.8, 4) is 0 Å². The fourth-order valence-corrected chi connectivity index (χ4v) is 2.35. The van der Waals surface area contributed by atoms with Crippen LogP contribution in [-0.2, 0) is 0 Å². The zero-order valence-electron chi connectivity index (χ0n) is 4.53. The van der Waals surface area contributed by atoms with Gasteiger partial charge in [0, 0.05) is 5.41 Å². The van der Waals surface area contributed by atoms with E-state index in [1.165, 1.54) is 19.3 Å². The Kier molecular flexibility index (Phi) is 0.908. The molecule has 3 fully saturated rings. The van der Waals surface area contributed by atoms with Crippen LogP contribution in [0.5, 0.6) is 0 Å². The first kappa shape index (κ1) is 5.37. The molecule has 0 aromatic carbocycles. The van der Waals surface area contributed by atoms with Crippen molar-refractivity contribution in [2.24, 2.45) is 11.3 Å². The highest BCUT2D eigenvalue weighted by Gasteiger charge is 2.59. The summed E-state index contributed by atoms with van der Waals surface area (Å²) in [5.41, 5.74) is 0.397. The number of halogens is 2. The summed E-state index contributed by atoms with van der Waals surface area (Å²) in [6, 6.07) is 0. The molecular weight excluding hydrogens is 143 g/mol. The monoisotopic (exact) mass is 150 g/mol. The van der Waals surface area contributed by atoms with Crippen LogP contribution in [0.15, 0.2) is 0 Å². The molecule has 3 aliphatic rings. The average molecular weight is 151 g/mol. The van der Waals surface area contributed by atoms with E-state index >= 15 is 0 Å². The smallest absolute Gasteiger partial charge is 0.105 e. The first-order chi connectivity index (χ1) is 3.73. The standard InChI is InChI=1S/C6H8Cl2/c7-5(8)6-1-4(2-6)3-6/h4-5H,1-3H2. The average Bonchev–Trinajstić information content (AvgIpc) is 1.16. The van der Waals surface area contributed by atoms with Gasteiger partial charge in [-0.1, -0.05) is 0 Å². The number of rotatable bonds is 1. The van der Waals surface area contributed by atoms with Gasteiger partial charge in [-0.2, -0.15) is 0 Å². The minimum atomic E-state index is -0.0903. The minimum Gasteiger partial charge on any atom is -0.105 e. The molecule has 3 aliphatic carbocycles. The van der Waals surface area contributed by atoms with Crippen molar-refractivity contribution in [2.75, 3.05) is 0 Å². The van der Waals surface area contributed by atoms with Crippen molar-refractivity contribution in [3.63, 3.8) is 0 Å². The summed E-state index contributed by atoms with van der Waals surface area (Å²) in [7, 11) is 0. The minimum absolute atomic E-state index is 0.0903. The maximum Gasteiger partial charge on any atom is 0.113 e. The van der Waals surface area contributed by atoms with E-state index in [4.69, 9.17) is 23.2 Å². The van der Waals surface area contributed by atoms with Gasteiger partial charge in [0.2, 0.25) is 0 Å². The summed E-state index contributed by atoms with van der Waals surface area (Å²) in [5, 5.41) is 0. The van der Waals surface area contributed by atoms with Gasteiger partial charge in [-0.25, -0.2) is 0 Å². The Balaban J connectivity index is 2.04. The Morgan fingerprint density at radius 2 is 1.75 bits per heavy atom. The number of hydrogen-bond acceptors (Lipinski definition) is 0. The fourth-order valence-electron chi connectivity index (χ4n) is 1.81. The van der Waals surface area contributed by atoms with Crippen LogP contribution in [-0.4, -0.2) is 4.84 Å². The van der Waals surface area contributed by atoms with Gasteiger partial charge in [0.1, 0.15) is 4.84 Å². The molecule has 0 aromatic heterocycles. The van der Waals surface area contributed by atoms with Gasteiger partial charge >= 0.3 is 0 Å². The highest BCUT2D eigenvalue weighted by molar-refractivity contribution is 6.45. The van der Waals surface area contributed by atoms with Crippen molar-refractivity contribution in [1.29, 1.82) is 0 Å². The molecule has 8 heavy (non-hydrogen) atoms. The molecule has 0 saturated heterocycles. The SMILES string of the molecule is ClC(Cl)C12CC(C1)C2. The van der Waals surface area contributed by atoms with Crippen molar-refractivity contribution in [1.82, 2.24) is 0 Å². The molecule has 3 rings (SSSR count). The number of hydrogen-bond donors (Lipinski definition) is 0. The first-order valence-corrected chi connectivity index (χ1v) is 3.88. The van der Waals surface area contributed by atoms with Crippen LogP contribution in [0.25, 0.3) is 0 Å². The second-order valence-electron chi connectivity index (χ2n) is 3.14. The van der Waals surface area contributed by atoms with Crippen molar-refractivity contribution < 1.29 is 0 Å². The maximum absolute atomic E-state index is 5.72. The number of alkyl halides is 2. The largest absolute Gasteiger partial charge is 0.113 e. The quantitative estimate of drug-likeness (QED) is 0.505. The fraction of sp³-hybridized carbons (Fsp3) is 1.00. The predicted molar refractivity (Wildman–Crippen MR) is 35.3 cm³/mol. The third-order valence-electron chi connectivity index (χ3n) is 2.55. The van der Waals surface area contributed by atoms with Crippen LogP contribution in [0.1, 0.15) is 19.3 Å². The lowest BCUT2D eigenvalue weighted by Gasteiger charge is -2.62. The van der Waals surface area contributed by atoms with Gasteiger partial charge in [0.15, 0.2) is 0 Å². The van der Waals surface area contributed by atoms with Crippen LogP contribution >= 0.6 is 23.2 Å². The maximum atomic E-state index is 5.72. The third-order valence-corrected chi connectivity index (χ3v) is 3.47. The summed E-state index contributed by atoms with van der Waals surface area (Å²) in [6.45, 7) is 0. The molecule has 0 spiro atoms. The van der Waals surface area contributed by atoms with Crippen molar-refractivity contribution in [2.45, 2.75) is 24.1 Å². The molecule has 0 amide bonds. The molecule has 3 saturated carbocycles. The summed E-state index contributed by atoms with van der Waals surface area (Å²) in [4.78, 5) is -0.0903. The highest BCUT2D eigenvalue weighted by Crippen LogP contribution is 2.67. The lowest BCUT2D eigenvalue weighted by molar-refractivity contribution is -0.0931.